The molecule has 3 aromatic heterocycles. The number of H-pyrrole nitrogens is 2. The summed E-state index contributed by atoms with van der Waals surface area (Å²) in [7, 11) is 0. The molecule has 5 heterocycles. The maximum atomic E-state index is 7.83. The number of hydrogen-bond donors (Lipinski definition) is 2. The molecule has 0 spiro atoms. The number of aryl methyl sites for hydroxylation is 2. The largest absolute Gasteiger partial charge is 0.454 e. The third kappa shape index (κ3) is 12.3. The predicted molar refractivity (Wildman–Crippen MR) is 417 cm³/mol. The van der Waals surface area contributed by atoms with E-state index in [9.17, 15) is 0 Å². The molecule has 8 bridgehead atoms. The number of hydrogen-bond acceptors (Lipinski definition) is 10. The highest BCUT2D eigenvalue weighted by Gasteiger charge is 2.37. The molecule has 3 fully saturated rings. The van der Waals surface area contributed by atoms with Crippen LogP contribution >= 0.6 is 155 Å². The van der Waals surface area contributed by atoms with Crippen LogP contribution in [-0.2, 0) is 0 Å². The predicted octanol–water partition coefficient (Wildman–Crippen LogP) is 29.4. The second kappa shape index (κ2) is 28.3. The molecule has 3 aliphatic carbocycles. The molecule has 11 aromatic rings. The van der Waals surface area contributed by atoms with E-state index in [1.807, 2.05) is 80.6 Å². The van der Waals surface area contributed by atoms with E-state index in [4.69, 9.17) is 188 Å². The van der Waals surface area contributed by atoms with Gasteiger partial charge in [0.25, 0.3) is 0 Å². The third-order valence-corrected chi connectivity index (χ3v) is 25.1. The van der Waals surface area contributed by atoms with Crippen molar-refractivity contribution in [1.82, 2.24) is 39.9 Å². The number of ether oxygens (including phenoxy) is 4. The Hall–Kier alpha value is -5.72. The Morgan fingerprint density at radius 3 is 0.931 bits per heavy atom. The van der Waals surface area contributed by atoms with Gasteiger partial charge in [-0.15, -0.1) is 0 Å². The zero-order valence-corrected chi connectivity index (χ0v) is 64.3. The third-order valence-electron chi connectivity index (χ3n) is 19.9. The van der Waals surface area contributed by atoms with Gasteiger partial charge in [-0.3, -0.25) is 0 Å². The first kappa shape index (κ1) is 69.6. The second-order valence-corrected chi connectivity index (χ2v) is 31.5. The Morgan fingerprint density at radius 2 is 0.594 bits per heavy atom. The van der Waals surface area contributed by atoms with Gasteiger partial charge in [-0.2, -0.15) is 0 Å². The Morgan fingerprint density at radius 1 is 0.317 bits per heavy atom. The molecule has 16 rings (SSSR count). The Balaban J connectivity index is 1.02. The van der Waals surface area contributed by atoms with Crippen LogP contribution in [0.3, 0.4) is 0 Å². The molecular formula is C76H55BrCl12N8O4. The number of halogens is 13. The minimum absolute atomic E-state index is 0.00108. The van der Waals surface area contributed by atoms with Crippen LogP contribution in [0.15, 0.2) is 89.4 Å². The molecule has 2 aliphatic heterocycles. The van der Waals surface area contributed by atoms with Crippen LogP contribution in [0.2, 0.25) is 60.3 Å². The van der Waals surface area contributed by atoms with Crippen LogP contribution in [0.4, 0.5) is 0 Å². The summed E-state index contributed by atoms with van der Waals surface area (Å²) in [5.41, 5.74) is 5.35. The first-order valence-electron chi connectivity index (χ1n) is 33.2. The van der Waals surface area contributed by atoms with Gasteiger partial charge < -0.3 is 28.9 Å². The van der Waals surface area contributed by atoms with Crippen LogP contribution in [0, 0.1) is 13.8 Å². The molecule has 101 heavy (non-hydrogen) atoms. The van der Waals surface area contributed by atoms with Crippen molar-refractivity contribution in [1.29, 1.82) is 0 Å². The number of rotatable bonds is 11. The van der Waals surface area contributed by atoms with Gasteiger partial charge in [-0.1, -0.05) is 268 Å². The molecule has 0 atom stereocenters. The average Bonchev–Trinajstić information content (AvgIpc) is 1.58. The number of para-hydroxylation sites is 3. The fraction of sp³-hybridized carbons (Fsp3) is 0.263. The fourth-order valence-electron chi connectivity index (χ4n) is 15.1. The quantitative estimate of drug-likeness (QED) is 0.120. The van der Waals surface area contributed by atoms with Crippen LogP contribution in [0.25, 0.3) is 89.7 Å². The second-order valence-electron chi connectivity index (χ2n) is 26.1. The molecule has 0 saturated heterocycles. The Bertz CT molecular complexity index is 5480. The van der Waals surface area contributed by atoms with E-state index < -0.39 is 0 Å². The molecule has 514 valence electrons. The molecule has 2 N–H and O–H groups in total. The number of nitrogens with zero attached hydrogens (tertiary/aromatic N) is 6. The van der Waals surface area contributed by atoms with Crippen molar-refractivity contribution in [3.05, 3.63) is 177 Å². The van der Waals surface area contributed by atoms with Crippen molar-refractivity contribution in [3.63, 3.8) is 0 Å². The van der Waals surface area contributed by atoms with E-state index in [2.05, 4.69) is 44.1 Å². The highest BCUT2D eigenvalue weighted by atomic mass is 79.9. The SMILES string of the molecule is Cc1cc(Br)cc(C)c1Oc1c(Cl)c(Cl)c2c(c1Cl)-c1nc-2nc2[nH]c(nc3nc(nc4[nH]c(n1)c1c(Cl)c(Cl)c(Oc5ccccc5C5CCCCC5)c(Cl)c41)-c1c(Cl)c(Cl)c(Oc4ccccc4C4CCCCC4)c(Cl)c1-3)c1c(Cl)c(Oc3ccccc3C3CCCCC3)c(Cl)c(Cl)c21. The summed E-state index contributed by atoms with van der Waals surface area (Å²) >= 11 is 95.2. The lowest BCUT2D eigenvalue weighted by Gasteiger charge is -2.24. The minimum atomic E-state index is -0.0644. The zero-order chi connectivity index (χ0) is 70.0. The van der Waals surface area contributed by atoms with E-state index in [0.717, 1.165) is 129 Å². The number of nitrogens with one attached hydrogen (secondary N) is 2. The van der Waals surface area contributed by atoms with Gasteiger partial charge in [0.2, 0.25) is 0 Å². The lowest BCUT2D eigenvalue weighted by Crippen LogP contribution is -2.06. The number of aromatic amines is 2. The van der Waals surface area contributed by atoms with Crippen molar-refractivity contribution < 1.29 is 18.9 Å². The lowest BCUT2D eigenvalue weighted by atomic mass is 9.84. The van der Waals surface area contributed by atoms with Gasteiger partial charge in [0.15, 0.2) is 46.3 Å². The standard InChI is InChI=1S/C76H55BrCl12N8O4/c1-32-30-37(77)31-33(2)64(32)101-68-59(85)51-47(55(81)63(68)89)70-90-69-44-49(57(83)66(60(86)52(44)78)99-42-28-16-13-25-39(42)35-20-8-4-9-21-35)74(91-69)97-75-50-46(54(80)62(88)67(58(50)84)100-43-29-17-14-26-40(43)36-22-10-5-11-23-36)71(95-75)93-73-48-45(72(94-73)96-76(51)92-70)53(79)61(87)65(56(48)82)98-41-27-15-12-24-38(41)34-18-6-3-7-19-34/h12-17,24-31,34-36H,3-11,18-23H2,1-2H3,(H2,90,91,92,93,94,95,96,97). The molecule has 5 aliphatic rings. The van der Waals surface area contributed by atoms with E-state index in [1.165, 1.54) is 0 Å². The molecule has 3 saturated carbocycles. The van der Waals surface area contributed by atoms with Crippen LogP contribution in [0.1, 0.15) is 142 Å². The maximum absolute atomic E-state index is 7.83. The van der Waals surface area contributed by atoms with E-state index >= 15 is 0 Å². The monoisotopic (exact) mass is 1640 g/mol. The van der Waals surface area contributed by atoms with Crippen LogP contribution < -0.4 is 18.9 Å². The number of aromatic nitrogens is 8. The summed E-state index contributed by atoms with van der Waals surface area (Å²) in [6.07, 6.45) is 15.9. The van der Waals surface area contributed by atoms with Gasteiger partial charge in [0.05, 0.1) is 84.0 Å². The Kier molecular flexibility index (Phi) is 19.5. The van der Waals surface area contributed by atoms with Crippen molar-refractivity contribution >= 4 is 199 Å². The summed E-state index contributed by atoms with van der Waals surface area (Å²) in [6, 6.07) is 27.4. The summed E-state index contributed by atoms with van der Waals surface area (Å²) in [4.78, 5) is 38.5. The van der Waals surface area contributed by atoms with Gasteiger partial charge in [0, 0.05) is 4.47 Å². The number of benzene rings is 8. The molecule has 0 amide bonds. The molecular weight excluding hydrogens is 1590 g/mol. The zero-order valence-electron chi connectivity index (χ0n) is 53.7. The highest BCUT2D eigenvalue weighted by Crippen LogP contribution is 2.59. The highest BCUT2D eigenvalue weighted by molar-refractivity contribution is 9.10. The van der Waals surface area contributed by atoms with Crippen molar-refractivity contribution in [2.24, 2.45) is 0 Å². The molecule has 0 unspecified atom stereocenters. The molecule has 12 nitrogen and oxygen atoms in total. The normalized spacial score (nSPS) is 15.2. The van der Waals surface area contributed by atoms with Crippen molar-refractivity contribution in [2.75, 3.05) is 0 Å². The molecule has 8 aromatic carbocycles. The summed E-state index contributed by atoms with van der Waals surface area (Å²) < 4.78 is 28.3. The topological polar surface area (TPSA) is 146 Å². The van der Waals surface area contributed by atoms with Crippen LogP contribution in [0.5, 0.6) is 46.0 Å². The number of fused-ring (bicyclic) bond motifs is 20. The van der Waals surface area contributed by atoms with Crippen molar-refractivity contribution in [3.8, 4) is 91.5 Å². The van der Waals surface area contributed by atoms with E-state index in [1.54, 1.807) is 0 Å². The minimum Gasteiger partial charge on any atom is -0.454 e. The first-order chi connectivity index (χ1) is 48.8. The van der Waals surface area contributed by atoms with E-state index in [0.29, 0.717) is 23.0 Å². The summed E-state index contributed by atoms with van der Waals surface area (Å²) in [5, 5.41) is 0.484. The van der Waals surface area contributed by atoms with Crippen LogP contribution in [-0.4, -0.2) is 39.9 Å². The average molecular weight is 1650 g/mol. The van der Waals surface area contributed by atoms with Gasteiger partial charge in [-0.25, -0.2) is 29.9 Å². The smallest absolute Gasteiger partial charge is 0.166 e. The molecule has 25 heteroatoms. The van der Waals surface area contributed by atoms with Crippen molar-refractivity contribution in [2.45, 2.75) is 128 Å². The maximum Gasteiger partial charge on any atom is 0.166 e. The fourth-order valence-corrected chi connectivity index (χ4v) is 19.2. The van der Waals surface area contributed by atoms with Gasteiger partial charge >= 0.3 is 0 Å². The van der Waals surface area contributed by atoms with E-state index in [-0.39, 0.29) is 191 Å². The first-order valence-corrected chi connectivity index (χ1v) is 38.6. The van der Waals surface area contributed by atoms with Gasteiger partial charge in [0.1, 0.15) is 65.7 Å². The molecule has 0 radical (unpaired) electrons. The lowest BCUT2D eigenvalue weighted by molar-refractivity contribution is 0.419. The summed E-state index contributed by atoms with van der Waals surface area (Å²) in [5.74, 6) is 2.76. The summed E-state index contributed by atoms with van der Waals surface area (Å²) in [6.45, 7) is 3.79. The Labute approximate surface area is 649 Å². The van der Waals surface area contributed by atoms with Gasteiger partial charge in [-0.05, 0) is 128 Å².